The van der Waals surface area contributed by atoms with E-state index in [-0.39, 0.29) is 18.3 Å². The minimum atomic E-state index is -0.893. The Morgan fingerprint density at radius 2 is 2.29 bits per heavy atom. The summed E-state index contributed by atoms with van der Waals surface area (Å²) in [7, 11) is 1.62. The molecule has 1 aromatic rings. The molecule has 21 heavy (non-hydrogen) atoms. The van der Waals surface area contributed by atoms with Gasteiger partial charge in [-0.15, -0.1) is 0 Å². The SMILES string of the molecule is COC1CN(c2cccc(COC(=O)NC(=N)N)c2F)C1. The van der Waals surface area contributed by atoms with Crippen LogP contribution in [0.3, 0.4) is 0 Å². The molecule has 0 aliphatic carbocycles. The molecule has 0 radical (unpaired) electrons. The van der Waals surface area contributed by atoms with Gasteiger partial charge in [-0.2, -0.15) is 0 Å². The first-order valence-electron chi connectivity index (χ1n) is 6.34. The highest BCUT2D eigenvalue weighted by atomic mass is 19.1. The van der Waals surface area contributed by atoms with Crippen LogP contribution < -0.4 is 16.0 Å². The lowest BCUT2D eigenvalue weighted by Gasteiger charge is -2.40. The monoisotopic (exact) mass is 296 g/mol. The van der Waals surface area contributed by atoms with Crippen molar-refractivity contribution in [2.45, 2.75) is 12.7 Å². The average molecular weight is 296 g/mol. The highest BCUT2D eigenvalue weighted by molar-refractivity contribution is 5.90. The molecule has 1 heterocycles. The van der Waals surface area contributed by atoms with Gasteiger partial charge in [0.15, 0.2) is 11.8 Å². The lowest BCUT2D eigenvalue weighted by molar-refractivity contribution is 0.0783. The Hall–Kier alpha value is -2.35. The lowest BCUT2D eigenvalue weighted by Crippen LogP contribution is -2.52. The number of guanidine groups is 1. The fraction of sp³-hybridized carbons (Fsp3) is 0.385. The van der Waals surface area contributed by atoms with E-state index in [0.717, 1.165) is 0 Å². The fourth-order valence-corrected chi connectivity index (χ4v) is 2.00. The van der Waals surface area contributed by atoms with Crippen molar-refractivity contribution in [2.75, 3.05) is 25.1 Å². The maximum Gasteiger partial charge on any atom is 0.414 e. The van der Waals surface area contributed by atoms with Crippen molar-refractivity contribution >= 4 is 17.7 Å². The van der Waals surface area contributed by atoms with Crippen molar-refractivity contribution in [3.63, 3.8) is 0 Å². The van der Waals surface area contributed by atoms with Gasteiger partial charge in [-0.1, -0.05) is 12.1 Å². The number of anilines is 1. The van der Waals surface area contributed by atoms with Crippen LogP contribution in [-0.4, -0.2) is 38.4 Å². The summed E-state index contributed by atoms with van der Waals surface area (Å²) >= 11 is 0. The van der Waals surface area contributed by atoms with E-state index in [1.54, 1.807) is 19.2 Å². The lowest BCUT2D eigenvalue weighted by atomic mass is 10.1. The van der Waals surface area contributed by atoms with E-state index in [2.05, 4.69) is 0 Å². The molecule has 0 bridgehead atoms. The van der Waals surface area contributed by atoms with Crippen LogP contribution >= 0.6 is 0 Å². The third-order valence-corrected chi connectivity index (χ3v) is 3.18. The molecule has 0 saturated carbocycles. The Labute approximate surface area is 121 Å². The molecule has 0 unspecified atom stereocenters. The average Bonchev–Trinajstić information content (AvgIpc) is 2.37. The van der Waals surface area contributed by atoms with E-state index in [4.69, 9.17) is 20.6 Å². The second-order valence-corrected chi connectivity index (χ2v) is 4.63. The van der Waals surface area contributed by atoms with E-state index in [1.165, 1.54) is 6.07 Å². The minimum Gasteiger partial charge on any atom is -0.444 e. The maximum atomic E-state index is 14.3. The van der Waals surface area contributed by atoms with Crippen LogP contribution in [0.15, 0.2) is 18.2 Å². The van der Waals surface area contributed by atoms with Gasteiger partial charge in [0, 0.05) is 25.8 Å². The molecule has 1 amide bonds. The van der Waals surface area contributed by atoms with Crippen molar-refractivity contribution in [1.82, 2.24) is 5.32 Å². The van der Waals surface area contributed by atoms with Gasteiger partial charge in [0.05, 0.1) is 11.8 Å². The molecular weight excluding hydrogens is 279 g/mol. The molecule has 1 aliphatic heterocycles. The molecule has 8 heteroatoms. The predicted molar refractivity (Wildman–Crippen MR) is 74.6 cm³/mol. The molecule has 114 valence electrons. The van der Waals surface area contributed by atoms with Crippen LogP contribution in [0.4, 0.5) is 14.9 Å². The molecule has 4 N–H and O–H groups in total. The van der Waals surface area contributed by atoms with E-state index >= 15 is 0 Å². The van der Waals surface area contributed by atoms with Gasteiger partial charge >= 0.3 is 6.09 Å². The smallest absolute Gasteiger partial charge is 0.414 e. The van der Waals surface area contributed by atoms with E-state index < -0.39 is 17.9 Å². The topological polar surface area (TPSA) is 101 Å². The first kappa shape index (κ1) is 15.0. The third-order valence-electron chi connectivity index (χ3n) is 3.18. The molecule has 1 saturated heterocycles. The number of benzene rings is 1. The molecule has 0 atom stereocenters. The van der Waals surface area contributed by atoms with Crippen molar-refractivity contribution in [3.8, 4) is 0 Å². The van der Waals surface area contributed by atoms with Gasteiger partial charge in [0.1, 0.15) is 6.61 Å². The summed E-state index contributed by atoms with van der Waals surface area (Å²) in [4.78, 5) is 13.1. The molecule has 7 nitrogen and oxygen atoms in total. The van der Waals surface area contributed by atoms with Crippen molar-refractivity contribution < 1.29 is 18.7 Å². The number of nitrogens with two attached hydrogens (primary N) is 1. The van der Waals surface area contributed by atoms with Crippen molar-refractivity contribution in [2.24, 2.45) is 5.73 Å². The van der Waals surface area contributed by atoms with Crippen molar-refractivity contribution in [3.05, 3.63) is 29.6 Å². The van der Waals surface area contributed by atoms with Crippen LogP contribution in [0.1, 0.15) is 5.56 Å². The number of ether oxygens (including phenoxy) is 2. The summed E-state index contributed by atoms with van der Waals surface area (Å²) in [6, 6.07) is 4.90. The van der Waals surface area contributed by atoms with Crippen molar-refractivity contribution in [1.29, 1.82) is 5.41 Å². The Bertz CT molecular complexity index is 546. The van der Waals surface area contributed by atoms with Crippen LogP contribution in [0.25, 0.3) is 0 Å². The normalized spacial score (nSPS) is 14.5. The zero-order chi connectivity index (χ0) is 15.4. The van der Waals surface area contributed by atoms with Gasteiger partial charge in [-0.3, -0.25) is 10.7 Å². The maximum absolute atomic E-state index is 14.3. The van der Waals surface area contributed by atoms with Gasteiger partial charge in [-0.25, -0.2) is 9.18 Å². The predicted octanol–water partition coefficient (Wildman–Crippen LogP) is 0.780. The van der Waals surface area contributed by atoms with Gasteiger partial charge < -0.3 is 20.1 Å². The van der Waals surface area contributed by atoms with Gasteiger partial charge in [0.2, 0.25) is 0 Å². The summed E-state index contributed by atoms with van der Waals surface area (Å²) in [5, 5.41) is 8.84. The number of hydrogen-bond acceptors (Lipinski definition) is 5. The van der Waals surface area contributed by atoms with E-state index in [0.29, 0.717) is 18.8 Å². The summed E-state index contributed by atoms with van der Waals surface area (Å²) in [6.07, 6.45) is -0.777. The summed E-state index contributed by atoms with van der Waals surface area (Å²) < 4.78 is 24.3. The number of alkyl carbamates (subject to hydrolysis) is 1. The number of carbonyl (C=O) groups is 1. The molecule has 0 aromatic heterocycles. The Kier molecular flexibility index (Phi) is 4.59. The number of hydrogen-bond donors (Lipinski definition) is 3. The summed E-state index contributed by atoms with van der Waals surface area (Å²) in [6.45, 7) is 1.02. The molecule has 1 aliphatic rings. The summed E-state index contributed by atoms with van der Waals surface area (Å²) in [5.74, 6) is -0.955. The minimum absolute atomic E-state index is 0.116. The Morgan fingerprint density at radius 3 is 2.90 bits per heavy atom. The van der Waals surface area contributed by atoms with E-state index in [1.807, 2.05) is 10.2 Å². The number of amides is 1. The second kappa shape index (κ2) is 6.40. The van der Waals surface area contributed by atoms with Crippen LogP contribution in [0.5, 0.6) is 0 Å². The van der Waals surface area contributed by atoms with Gasteiger partial charge in [-0.05, 0) is 6.07 Å². The quantitative estimate of drug-likeness (QED) is 0.563. The second-order valence-electron chi connectivity index (χ2n) is 4.63. The first-order valence-corrected chi connectivity index (χ1v) is 6.34. The number of nitrogens with one attached hydrogen (secondary N) is 2. The third kappa shape index (κ3) is 3.60. The van der Waals surface area contributed by atoms with Crippen LogP contribution in [0, 0.1) is 11.2 Å². The highest BCUT2D eigenvalue weighted by Gasteiger charge is 2.29. The fourth-order valence-electron chi connectivity index (χ4n) is 2.00. The molecule has 0 spiro atoms. The highest BCUT2D eigenvalue weighted by Crippen LogP contribution is 2.27. The number of halogens is 1. The van der Waals surface area contributed by atoms with E-state index in [9.17, 15) is 9.18 Å². The van der Waals surface area contributed by atoms with Crippen LogP contribution in [0.2, 0.25) is 0 Å². The number of methoxy groups -OCH3 is 1. The van der Waals surface area contributed by atoms with Gasteiger partial charge in [0.25, 0.3) is 0 Å². The Morgan fingerprint density at radius 1 is 1.57 bits per heavy atom. The first-order chi connectivity index (χ1) is 10.0. The molecular formula is C13H17FN4O3. The van der Waals surface area contributed by atoms with Crippen LogP contribution in [-0.2, 0) is 16.1 Å². The standard InChI is InChI=1S/C13H17FN4O3/c1-20-9-5-18(6-9)10-4-2-3-8(11(10)14)7-21-13(19)17-12(15)16/h2-4,9H,5-7H2,1H3,(H4,15,16,17,19). The summed E-state index contributed by atoms with van der Waals surface area (Å²) in [5.41, 5.74) is 5.70. The number of nitrogens with zero attached hydrogens (tertiary/aromatic N) is 1. The molecule has 2 rings (SSSR count). The molecule has 1 fully saturated rings. The Balaban J connectivity index is 1.98. The zero-order valence-corrected chi connectivity index (χ0v) is 11.6. The largest absolute Gasteiger partial charge is 0.444 e. The number of rotatable bonds is 4. The number of carbonyl (C=O) groups excluding carboxylic acids is 1. The zero-order valence-electron chi connectivity index (χ0n) is 11.6. The molecule has 1 aromatic carbocycles.